The lowest BCUT2D eigenvalue weighted by Crippen LogP contribution is -2.47. The maximum atomic E-state index is 5.16. The largest absolute Gasteiger partial charge is 0.368 e. The Bertz CT molecular complexity index is 1550. The molecule has 0 N–H and O–H groups in total. The first kappa shape index (κ1) is 24.5. The van der Waals surface area contributed by atoms with Crippen molar-refractivity contribution in [2.75, 3.05) is 72.0 Å². The fraction of sp³-hybridized carbons (Fsp3) is 0.235. The Morgan fingerprint density at radius 1 is 0.425 bits per heavy atom. The summed E-state index contributed by atoms with van der Waals surface area (Å²) in [4.78, 5) is 20.0. The first-order chi connectivity index (χ1) is 19.8. The molecule has 3 aromatic carbocycles. The van der Waals surface area contributed by atoms with Crippen LogP contribution < -0.4 is 19.6 Å². The van der Waals surface area contributed by atoms with Crippen LogP contribution in [-0.2, 0) is 0 Å². The molecule has 6 nitrogen and oxygen atoms in total. The monoisotopic (exact) mass is 526 g/mol. The predicted octanol–water partition coefficient (Wildman–Crippen LogP) is 5.95. The number of para-hydroxylation sites is 2. The molecule has 6 heteroatoms. The third kappa shape index (κ3) is 4.93. The van der Waals surface area contributed by atoms with Gasteiger partial charge >= 0.3 is 0 Å². The summed E-state index contributed by atoms with van der Waals surface area (Å²) in [5.74, 6) is 2.02. The summed E-state index contributed by atoms with van der Waals surface area (Å²) in [6.45, 7) is 7.68. The minimum absolute atomic E-state index is 0.824. The van der Waals surface area contributed by atoms with Crippen molar-refractivity contribution in [2.45, 2.75) is 0 Å². The van der Waals surface area contributed by atoms with E-state index in [0.717, 1.165) is 75.0 Å². The Kier molecular flexibility index (Phi) is 6.66. The molecule has 2 aliphatic heterocycles. The number of aromatic nitrogens is 2. The SMILES string of the molecule is c1ccc(-c2cc(N3CCN(c4ccccc4)CC3)nc3nc(N4CCN(c5ccccc5)CC4)ccc23)cc1. The number of anilines is 4. The van der Waals surface area contributed by atoms with Crippen molar-refractivity contribution in [1.29, 1.82) is 0 Å². The maximum Gasteiger partial charge on any atom is 0.164 e. The van der Waals surface area contributed by atoms with Gasteiger partial charge in [-0.05, 0) is 53.6 Å². The molecular formula is C34H34N6. The fourth-order valence-electron chi connectivity index (χ4n) is 5.94. The van der Waals surface area contributed by atoms with Crippen LogP contribution in [0.15, 0.2) is 109 Å². The van der Waals surface area contributed by atoms with Gasteiger partial charge in [-0.2, -0.15) is 0 Å². The highest BCUT2D eigenvalue weighted by atomic mass is 15.3. The zero-order valence-electron chi connectivity index (χ0n) is 22.7. The standard InChI is InChI=1S/C34H34N6/c1-4-10-27(11-5-1)31-26-33(40-24-20-38(21-25-40)29-14-8-3-9-15-29)36-34-30(31)16-17-32(35-34)39-22-18-37(19-23-39)28-12-6-2-7-13-28/h1-17,26H,18-25H2. The Morgan fingerprint density at radius 3 is 1.43 bits per heavy atom. The summed E-state index contributed by atoms with van der Waals surface area (Å²) in [6.07, 6.45) is 0. The van der Waals surface area contributed by atoms with Crippen LogP contribution >= 0.6 is 0 Å². The van der Waals surface area contributed by atoms with Gasteiger partial charge in [0.25, 0.3) is 0 Å². The van der Waals surface area contributed by atoms with Gasteiger partial charge < -0.3 is 19.6 Å². The van der Waals surface area contributed by atoms with E-state index in [2.05, 4.69) is 129 Å². The Balaban J connectivity index is 1.17. The number of rotatable bonds is 5. The van der Waals surface area contributed by atoms with Crippen molar-refractivity contribution in [2.24, 2.45) is 0 Å². The van der Waals surface area contributed by atoms with Crippen LogP contribution in [0.5, 0.6) is 0 Å². The van der Waals surface area contributed by atoms with Crippen LogP contribution in [0, 0.1) is 0 Å². The topological polar surface area (TPSA) is 38.7 Å². The van der Waals surface area contributed by atoms with Gasteiger partial charge in [0.2, 0.25) is 0 Å². The number of nitrogens with zero attached hydrogens (tertiary/aromatic N) is 6. The molecule has 0 unspecified atom stereocenters. The quantitative estimate of drug-likeness (QED) is 0.282. The number of hydrogen-bond acceptors (Lipinski definition) is 6. The van der Waals surface area contributed by atoms with Gasteiger partial charge in [0.15, 0.2) is 5.65 Å². The Hall–Kier alpha value is -4.58. The molecule has 40 heavy (non-hydrogen) atoms. The van der Waals surface area contributed by atoms with Crippen LogP contribution in [-0.4, -0.2) is 62.3 Å². The highest BCUT2D eigenvalue weighted by Gasteiger charge is 2.22. The minimum Gasteiger partial charge on any atom is -0.368 e. The van der Waals surface area contributed by atoms with Gasteiger partial charge in [-0.25, -0.2) is 9.97 Å². The normalized spacial score (nSPS) is 16.0. The smallest absolute Gasteiger partial charge is 0.164 e. The molecule has 5 aromatic rings. The van der Waals surface area contributed by atoms with E-state index in [0.29, 0.717) is 0 Å². The summed E-state index contributed by atoms with van der Waals surface area (Å²) in [6, 6.07) is 38.7. The van der Waals surface area contributed by atoms with E-state index in [1.807, 2.05) is 0 Å². The van der Waals surface area contributed by atoms with Crippen molar-refractivity contribution in [1.82, 2.24) is 9.97 Å². The second-order valence-electron chi connectivity index (χ2n) is 10.6. The lowest BCUT2D eigenvalue weighted by atomic mass is 10.0. The van der Waals surface area contributed by atoms with Crippen molar-refractivity contribution in [3.05, 3.63) is 109 Å². The summed E-state index contributed by atoms with van der Waals surface area (Å²) >= 11 is 0. The van der Waals surface area contributed by atoms with Crippen LogP contribution in [0.4, 0.5) is 23.0 Å². The average Bonchev–Trinajstić information content (AvgIpc) is 3.05. The van der Waals surface area contributed by atoms with Gasteiger partial charge in [-0.1, -0.05) is 66.7 Å². The molecule has 0 spiro atoms. The van der Waals surface area contributed by atoms with Gasteiger partial charge in [0.05, 0.1) is 0 Å². The summed E-state index contributed by atoms with van der Waals surface area (Å²) in [7, 11) is 0. The lowest BCUT2D eigenvalue weighted by Gasteiger charge is -2.37. The van der Waals surface area contributed by atoms with E-state index in [4.69, 9.17) is 9.97 Å². The van der Waals surface area contributed by atoms with Crippen LogP contribution in [0.25, 0.3) is 22.2 Å². The van der Waals surface area contributed by atoms with Crippen LogP contribution in [0.3, 0.4) is 0 Å². The highest BCUT2D eigenvalue weighted by molar-refractivity contribution is 5.95. The number of piperazine rings is 2. The van der Waals surface area contributed by atoms with E-state index >= 15 is 0 Å². The molecule has 0 amide bonds. The molecule has 0 aliphatic carbocycles. The minimum atomic E-state index is 0.824. The number of pyridine rings is 2. The molecule has 4 heterocycles. The summed E-state index contributed by atoms with van der Waals surface area (Å²) in [5, 5.41) is 1.10. The lowest BCUT2D eigenvalue weighted by molar-refractivity contribution is 0.646. The van der Waals surface area contributed by atoms with Crippen LogP contribution in [0.2, 0.25) is 0 Å². The molecule has 200 valence electrons. The molecule has 0 radical (unpaired) electrons. The Labute approximate surface area is 236 Å². The molecule has 2 saturated heterocycles. The molecule has 0 bridgehead atoms. The second kappa shape index (κ2) is 10.9. The molecule has 2 aliphatic rings. The second-order valence-corrected chi connectivity index (χ2v) is 10.6. The van der Waals surface area contributed by atoms with Gasteiger partial charge in [0.1, 0.15) is 11.6 Å². The molecule has 7 rings (SSSR count). The number of fused-ring (bicyclic) bond motifs is 1. The fourth-order valence-corrected chi connectivity index (χ4v) is 5.94. The first-order valence-corrected chi connectivity index (χ1v) is 14.3. The molecule has 2 fully saturated rings. The van der Waals surface area contributed by atoms with Gasteiger partial charge in [0, 0.05) is 69.1 Å². The zero-order chi connectivity index (χ0) is 26.7. The maximum absolute atomic E-state index is 5.16. The van der Waals surface area contributed by atoms with E-state index in [1.165, 1.54) is 22.5 Å². The summed E-state index contributed by atoms with van der Waals surface area (Å²) in [5.41, 5.74) is 5.80. The number of hydrogen-bond donors (Lipinski definition) is 0. The van der Waals surface area contributed by atoms with Crippen LogP contribution in [0.1, 0.15) is 0 Å². The zero-order valence-corrected chi connectivity index (χ0v) is 22.7. The Morgan fingerprint density at radius 2 is 0.875 bits per heavy atom. The van der Waals surface area contributed by atoms with Crippen molar-refractivity contribution < 1.29 is 0 Å². The van der Waals surface area contributed by atoms with Crippen molar-refractivity contribution in [3.8, 4) is 11.1 Å². The van der Waals surface area contributed by atoms with Crippen molar-refractivity contribution >= 4 is 34.0 Å². The average molecular weight is 527 g/mol. The van der Waals surface area contributed by atoms with E-state index in [1.54, 1.807) is 0 Å². The summed E-state index contributed by atoms with van der Waals surface area (Å²) < 4.78 is 0. The van der Waals surface area contributed by atoms with E-state index < -0.39 is 0 Å². The highest BCUT2D eigenvalue weighted by Crippen LogP contribution is 2.33. The molecule has 0 atom stereocenters. The number of benzene rings is 3. The third-order valence-electron chi connectivity index (χ3n) is 8.18. The van der Waals surface area contributed by atoms with E-state index in [-0.39, 0.29) is 0 Å². The molecule has 0 saturated carbocycles. The van der Waals surface area contributed by atoms with E-state index in [9.17, 15) is 0 Å². The predicted molar refractivity (Wildman–Crippen MR) is 167 cm³/mol. The first-order valence-electron chi connectivity index (χ1n) is 14.3. The molecule has 2 aromatic heterocycles. The molecular weight excluding hydrogens is 492 g/mol. The third-order valence-corrected chi connectivity index (χ3v) is 8.18. The van der Waals surface area contributed by atoms with Crippen molar-refractivity contribution in [3.63, 3.8) is 0 Å². The van der Waals surface area contributed by atoms with Gasteiger partial charge in [-0.15, -0.1) is 0 Å². The van der Waals surface area contributed by atoms with Gasteiger partial charge in [-0.3, -0.25) is 0 Å².